The summed E-state index contributed by atoms with van der Waals surface area (Å²) in [6.07, 6.45) is 0.633. The predicted octanol–water partition coefficient (Wildman–Crippen LogP) is 2.65. The molecule has 2 heterocycles. The molecule has 10 heteroatoms. The summed E-state index contributed by atoms with van der Waals surface area (Å²) in [5, 5.41) is 8.05. The fourth-order valence-electron chi connectivity index (χ4n) is 3.52. The zero-order chi connectivity index (χ0) is 23.5. The average molecular weight is 475 g/mol. The van der Waals surface area contributed by atoms with Gasteiger partial charge in [-0.1, -0.05) is 37.7 Å². The monoisotopic (exact) mass is 474 g/mol. The van der Waals surface area contributed by atoms with E-state index in [4.69, 9.17) is 14.3 Å². The van der Waals surface area contributed by atoms with Crippen molar-refractivity contribution in [1.82, 2.24) is 19.5 Å². The van der Waals surface area contributed by atoms with Crippen LogP contribution in [0, 0.1) is 0 Å². The van der Waals surface area contributed by atoms with Crippen molar-refractivity contribution < 1.29 is 22.7 Å². The molecule has 1 aliphatic heterocycles. The molecule has 0 radical (unpaired) electrons. The number of ether oxygens (including phenoxy) is 2. The summed E-state index contributed by atoms with van der Waals surface area (Å²) in [5.41, 5.74) is 2.43. The minimum absolute atomic E-state index is 0.105. The van der Waals surface area contributed by atoms with Crippen LogP contribution in [0.25, 0.3) is 11.0 Å². The first-order valence-electron chi connectivity index (χ1n) is 11.1. The Morgan fingerprint density at radius 3 is 2.45 bits per heavy atom. The summed E-state index contributed by atoms with van der Waals surface area (Å²) < 4.78 is 38.4. The maximum atomic E-state index is 12.9. The van der Waals surface area contributed by atoms with Gasteiger partial charge in [-0.3, -0.25) is 0 Å². The zero-order valence-electron chi connectivity index (χ0n) is 19.2. The highest BCUT2D eigenvalue weighted by Crippen LogP contribution is 2.24. The Hall–Kier alpha value is -2.69. The second-order valence-electron chi connectivity index (χ2n) is 8.94. The van der Waals surface area contributed by atoms with Gasteiger partial charge in [-0.15, -0.1) is 5.10 Å². The zero-order valence-corrected chi connectivity index (χ0v) is 20.0. The molecule has 0 saturated carbocycles. The number of rotatable bonds is 8. The van der Waals surface area contributed by atoms with Crippen molar-refractivity contribution in [1.29, 1.82) is 0 Å². The average Bonchev–Trinajstić information content (AvgIpc) is 3.21. The van der Waals surface area contributed by atoms with Gasteiger partial charge >= 0.3 is 0 Å². The molecule has 0 N–H and O–H groups in total. The molecule has 4 rings (SSSR count). The van der Waals surface area contributed by atoms with Crippen LogP contribution in [-0.2, 0) is 20.2 Å². The second-order valence-corrected chi connectivity index (χ2v) is 10.9. The molecule has 0 unspecified atom stereocenters. The molecule has 0 atom stereocenters. The number of sulfonamides is 1. The Morgan fingerprint density at radius 2 is 1.76 bits per heavy atom. The van der Waals surface area contributed by atoms with Crippen LogP contribution >= 0.6 is 0 Å². The number of hydrogen-bond donors (Lipinski definition) is 0. The van der Waals surface area contributed by atoms with Crippen molar-refractivity contribution in [3.05, 3.63) is 48.0 Å². The molecule has 0 bridgehead atoms. The third-order valence-corrected chi connectivity index (χ3v) is 7.38. The molecular weight excluding hydrogens is 444 g/mol. The van der Waals surface area contributed by atoms with Crippen molar-refractivity contribution in [2.24, 2.45) is 0 Å². The van der Waals surface area contributed by atoms with Gasteiger partial charge in [0.05, 0.1) is 24.7 Å². The van der Waals surface area contributed by atoms with Gasteiger partial charge in [-0.2, -0.15) is 4.31 Å². The molecule has 1 saturated heterocycles. The topological polar surface area (TPSA) is 95.8 Å². The summed E-state index contributed by atoms with van der Waals surface area (Å²) in [7, 11) is -3.61. The van der Waals surface area contributed by atoms with Gasteiger partial charge in [0, 0.05) is 19.5 Å². The Bertz CT molecular complexity index is 1180. The van der Waals surface area contributed by atoms with Crippen molar-refractivity contribution in [3.8, 4) is 5.75 Å². The first-order chi connectivity index (χ1) is 15.7. The molecule has 1 aromatic heterocycles. The molecule has 0 aliphatic carbocycles. The van der Waals surface area contributed by atoms with Gasteiger partial charge in [0.15, 0.2) is 0 Å². The van der Waals surface area contributed by atoms with E-state index in [0.29, 0.717) is 57.0 Å². The molecule has 33 heavy (non-hydrogen) atoms. The molecule has 0 amide bonds. The number of nitrogens with zero attached hydrogens (tertiary/aromatic N) is 4. The fourth-order valence-corrected chi connectivity index (χ4v) is 4.95. The van der Waals surface area contributed by atoms with E-state index in [1.165, 1.54) is 14.7 Å². The SMILES string of the molecule is CC(C)(C)c1ccc(OCCCOn2nnc3ccc(S(=O)(=O)N4CCOCC4)cc32)cc1. The van der Waals surface area contributed by atoms with Crippen LogP contribution in [0.15, 0.2) is 47.4 Å². The number of benzene rings is 2. The lowest BCUT2D eigenvalue weighted by atomic mass is 9.87. The van der Waals surface area contributed by atoms with Crippen molar-refractivity contribution >= 4 is 21.1 Å². The third-order valence-electron chi connectivity index (χ3n) is 5.49. The highest BCUT2D eigenvalue weighted by molar-refractivity contribution is 7.89. The van der Waals surface area contributed by atoms with Gasteiger partial charge < -0.3 is 14.3 Å². The summed E-state index contributed by atoms with van der Waals surface area (Å²) in [6.45, 7) is 8.83. The van der Waals surface area contributed by atoms with Crippen LogP contribution in [0.1, 0.15) is 32.8 Å². The van der Waals surface area contributed by atoms with Crippen LogP contribution in [0.3, 0.4) is 0 Å². The highest BCUT2D eigenvalue weighted by Gasteiger charge is 2.27. The number of aromatic nitrogens is 3. The fraction of sp³-hybridized carbons (Fsp3) is 0.478. The molecule has 2 aromatic carbocycles. The summed E-state index contributed by atoms with van der Waals surface area (Å²) in [4.78, 5) is 7.16. The molecule has 1 aliphatic rings. The standard InChI is InChI=1S/C23H30N4O5S/c1-23(2,3)18-5-7-19(8-6-18)31-13-4-14-32-27-22-17-20(9-10-21(22)24-25-27)33(28,29)26-11-15-30-16-12-26/h5-10,17H,4,11-16H2,1-3H3. The minimum atomic E-state index is -3.61. The quantitative estimate of drug-likeness (QED) is 0.463. The summed E-state index contributed by atoms with van der Waals surface area (Å²) in [6, 6.07) is 12.8. The number of fused-ring (bicyclic) bond motifs is 1. The van der Waals surface area contributed by atoms with Crippen LogP contribution in [-0.4, -0.2) is 67.4 Å². The Kier molecular flexibility index (Phi) is 6.87. The Labute approximate surface area is 194 Å². The van der Waals surface area contributed by atoms with E-state index in [-0.39, 0.29) is 10.3 Å². The molecule has 9 nitrogen and oxygen atoms in total. The molecular formula is C23H30N4O5S. The minimum Gasteiger partial charge on any atom is -0.493 e. The van der Waals surface area contributed by atoms with Crippen LogP contribution in [0.2, 0.25) is 0 Å². The van der Waals surface area contributed by atoms with Crippen LogP contribution < -0.4 is 9.57 Å². The summed E-state index contributed by atoms with van der Waals surface area (Å²) in [5.74, 6) is 0.812. The largest absolute Gasteiger partial charge is 0.493 e. The van der Waals surface area contributed by atoms with E-state index in [0.717, 1.165) is 5.75 Å². The van der Waals surface area contributed by atoms with Gasteiger partial charge in [0.2, 0.25) is 10.0 Å². The molecule has 1 fully saturated rings. The van der Waals surface area contributed by atoms with Crippen molar-refractivity contribution in [2.75, 3.05) is 39.5 Å². The maximum Gasteiger partial charge on any atom is 0.243 e. The smallest absolute Gasteiger partial charge is 0.243 e. The van der Waals surface area contributed by atoms with E-state index in [1.54, 1.807) is 18.2 Å². The van der Waals surface area contributed by atoms with Crippen molar-refractivity contribution in [3.63, 3.8) is 0 Å². The Balaban J connectivity index is 1.34. The molecule has 178 valence electrons. The van der Waals surface area contributed by atoms with Gasteiger partial charge in [-0.05, 0) is 46.5 Å². The van der Waals surface area contributed by atoms with Gasteiger partial charge in [-0.25, -0.2) is 8.42 Å². The predicted molar refractivity (Wildman–Crippen MR) is 124 cm³/mol. The molecule has 3 aromatic rings. The lowest BCUT2D eigenvalue weighted by molar-refractivity contribution is 0.0730. The van der Waals surface area contributed by atoms with E-state index in [9.17, 15) is 8.42 Å². The van der Waals surface area contributed by atoms with Gasteiger partial charge in [0.1, 0.15) is 23.4 Å². The van der Waals surface area contributed by atoms with E-state index < -0.39 is 10.0 Å². The van der Waals surface area contributed by atoms with E-state index in [2.05, 4.69) is 43.2 Å². The Morgan fingerprint density at radius 1 is 1.03 bits per heavy atom. The normalized spacial score (nSPS) is 15.6. The third kappa shape index (κ3) is 5.45. The first-order valence-corrected chi connectivity index (χ1v) is 12.5. The first kappa shape index (κ1) is 23.5. The van der Waals surface area contributed by atoms with Gasteiger partial charge in [0.25, 0.3) is 0 Å². The lowest BCUT2D eigenvalue weighted by Crippen LogP contribution is -2.40. The lowest BCUT2D eigenvalue weighted by Gasteiger charge is -2.26. The second kappa shape index (κ2) is 9.66. The van der Waals surface area contributed by atoms with E-state index >= 15 is 0 Å². The van der Waals surface area contributed by atoms with E-state index in [1.807, 2.05) is 12.1 Å². The molecule has 0 spiro atoms. The van der Waals surface area contributed by atoms with Crippen LogP contribution in [0.5, 0.6) is 5.75 Å². The highest BCUT2D eigenvalue weighted by atomic mass is 32.2. The van der Waals surface area contributed by atoms with Crippen LogP contribution in [0.4, 0.5) is 0 Å². The van der Waals surface area contributed by atoms with Crippen molar-refractivity contribution in [2.45, 2.75) is 37.5 Å². The maximum absolute atomic E-state index is 12.9. The number of morpholine rings is 1. The summed E-state index contributed by atoms with van der Waals surface area (Å²) >= 11 is 0. The number of hydrogen-bond acceptors (Lipinski definition) is 7.